The number of methoxy groups -OCH3 is 1. The monoisotopic (exact) mass is 534 g/mol. The summed E-state index contributed by atoms with van der Waals surface area (Å²) in [7, 11) is 1.55. The lowest BCUT2D eigenvalue weighted by molar-refractivity contribution is 0.0926. The average Bonchev–Trinajstić information content (AvgIpc) is 3.64. The number of carbonyl (C=O) groups excluding carboxylic acids is 2. The van der Waals surface area contributed by atoms with Gasteiger partial charge in [-0.15, -0.1) is 0 Å². The fraction of sp³-hybridized carbons (Fsp3) is 0.152. The van der Waals surface area contributed by atoms with Gasteiger partial charge in [0.1, 0.15) is 22.9 Å². The summed E-state index contributed by atoms with van der Waals surface area (Å²) in [6.07, 6.45) is 2.22. The molecule has 6 rings (SSSR count). The van der Waals surface area contributed by atoms with E-state index in [4.69, 9.17) is 14.9 Å². The molecule has 1 aromatic heterocycles. The lowest BCUT2D eigenvalue weighted by atomic mass is 9.98. The van der Waals surface area contributed by atoms with Crippen LogP contribution in [0.15, 0.2) is 95.4 Å². The maximum Gasteiger partial charge on any atom is 0.255 e. The molecule has 0 bridgehead atoms. The van der Waals surface area contributed by atoms with E-state index in [1.165, 1.54) is 12.1 Å². The van der Waals surface area contributed by atoms with Crippen molar-refractivity contribution in [1.82, 2.24) is 5.32 Å². The zero-order valence-electron chi connectivity index (χ0n) is 21.9. The fourth-order valence-electron chi connectivity index (χ4n) is 5.32. The molecule has 1 heterocycles. The highest BCUT2D eigenvalue weighted by atomic mass is 19.1. The molecule has 5 aromatic rings. The number of benzene rings is 4. The van der Waals surface area contributed by atoms with Gasteiger partial charge >= 0.3 is 0 Å². The molecule has 3 N–H and O–H groups in total. The maximum atomic E-state index is 13.5. The van der Waals surface area contributed by atoms with Crippen LogP contribution in [0.25, 0.3) is 22.3 Å². The molecule has 4 aromatic carbocycles. The first-order valence-corrected chi connectivity index (χ1v) is 13.0. The van der Waals surface area contributed by atoms with Gasteiger partial charge in [0.25, 0.3) is 11.8 Å². The van der Waals surface area contributed by atoms with Gasteiger partial charge in [0, 0.05) is 17.4 Å². The highest BCUT2D eigenvalue weighted by molar-refractivity contribution is 6.10. The zero-order chi connectivity index (χ0) is 27.9. The van der Waals surface area contributed by atoms with Gasteiger partial charge in [0.05, 0.1) is 23.8 Å². The summed E-state index contributed by atoms with van der Waals surface area (Å²) >= 11 is 0. The van der Waals surface area contributed by atoms with Gasteiger partial charge in [-0.25, -0.2) is 4.39 Å². The zero-order valence-corrected chi connectivity index (χ0v) is 21.9. The molecule has 200 valence electrons. The van der Waals surface area contributed by atoms with E-state index in [2.05, 4.69) is 5.32 Å². The minimum absolute atomic E-state index is 0.190. The van der Waals surface area contributed by atoms with Crippen LogP contribution in [0.2, 0.25) is 0 Å². The molecule has 40 heavy (non-hydrogen) atoms. The highest BCUT2D eigenvalue weighted by Gasteiger charge is 2.46. The molecule has 1 saturated carbocycles. The number of nitrogens with two attached hydrogens (primary N) is 1. The normalized spacial score (nSPS) is 13.7. The smallest absolute Gasteiger partial charge is 0.255 e. The molecular formula is C33H27FN2O4. The van der Waals surface area contributed by atoms with E-state index in [0.29, 0.717) is 40.0 Å². The number of para-hydroxylation sites is 1. The van der Waals surface area contributed by atoms with Crippen LogP contribution in [0.5, 0.6) is 5.75 Å². The molecule has 1 fully saturated rings. The van der Waals surface area contributed by atoms with Crippen LogP contribution in [0, 0.1) is 5.82 Å². The third-order valence-corrected chi connectivity index (χ3v) is 7.47. The van der Waals surface area contributed by atoms with Gasteiger partial charge in [0.2, 0.25) is 0 Å². The van der Waals surface area contributed by atoms with Crippen LogP contribution in [-0.4, -0.2) is 18.9 Å². The molecule has 0 unspecified atom stereocenters. The molecule has 1 aliphatic carbocycles. The van der Waals surface area contributed by atoms with E-state index in [0.717, 1.165) is 29.5 Å². The Bertz CT molecular complexity index is 1740. The van der Waals surface area contributed by atoms with Crippen molar-refractivity contribution in [3.63, 3.8) is 0 Å². The summed E-state index contributed by atoms with van der Waals surface area (Å²) in [6.45, 7) is 0. The van der Waals surface area contributed by atoms with Gasteiger partial charge in [-0.3, -0.25) is 9.59 Å². The molecule has 0 atom stereocenters. The molecule has 2 amide bonds. The van der Waals surface area contributed by atoms with Gasteiger partial charge in [-0.05, 0) is 72.0 Å². The first-order chi connectivity index (χ1) is 19.4. The standard InChI is InChI=1S/C33H27FN2O4/c1-39-29-22(6-5-9-25(29)32(38)36-33(16-17-33)23-7-3-2-4-8-23)18-20-10-15-27-26(19-20)28(31(35)37)30(40-27)21-11-13-24(34)14-12-21/h2-15,19H,16-18H2,1H3,(H2,35,37)(H,36,38). The summed E-state index contributed by atoms with van der Waals surface area (Å²) in [4.78, 5) is 25.9. The summed E-state index contributed by atoms with van der Waals surface area (Å²) in [5.41, 5.74) is 9.94. The van der Waals surface area contributed by atoms with Crippen molar-refractivity contribution in [2.75, 3.05) is 7.11 Å². The number of ether oxygens (including phenoxy) is 1. The predicted octanol–water partition coefficient (Wildman–Crippen LogP) is 6.36. The Morgan fingerprint density at radius 3 is 2.40 bits per heavy atom. The van der Waals surface area contributed by atoms with Crippen LogP contribution in [0.4, 0.5) is 4.39 Å². The Kier molecular flexibility index (Phi) is 6.34. The summed E-state index contributed by atoms with van der Waals surface area (Å²) < 4.78 is 25.2. The van der Waals surface area contributed by atoms with Crippen molar-refractivity contribution < 1.29 is 23.1 Å². The summed E-state index contributed by atoms with van der Waals surface area (Å²) in [5.74, 6) is -0.425. The number of rotatable bonds is 8. The van der Waals surface area contributed by atoms with Gasteiger partial charge in [-0.1, -0.05) is 48.5 Å². The second-order valence-corrected chi connectivity index (χ2v) is 10.1. The molecule has 6 nitrogen and oxygen atoms in total. The van der Waals surface area contributed by atoms with Crippen LogP contribution < -0.4 is 15.8 Å². The molecule has 1 aliphatic rings. The number of nitrogens with one attached hydrogen (secondary N) is 1. The molecular weight excluding hydrogens is 507 g/mol. The number of hydrogen-bond donors (Lipinski definition) is 2. The summed E-state index contributed by atoms with van der Waals surface area (Å²) in [6, 6.07) is 26.7. The number of primary amides is 1. The van der Waals surface area contributed by atoms with E-state index in [9.17, 15) is 14.0 Å². The number of fused-ring (bicyclic) bond motifs is 1. The first kappa shape index (κ1) is 25.4. The Morgan fingerprint density at radius 2 is 1.73 bits per heavy atom. The second kappa shape index (κ2) is 10.0. The summed E-state index contributed by atoms with van der Waals surface area (Å²) in [5, 5.41) is 3.79. The third-order valence-electron chi connectivity index (χ3n) is 7.47. The molecule has 0 spiro atoms. The van der Waals surface area contributed by atoms with Crippen molar-refractivity contribution in [3.8, 4) is 17.1 Å². The molecule has 0 radical (unpaired) electrons. The van der Waals surface area contributed by atoms with E-state index < -0.39 is 5.91 Å². The quantitative estimate of drug-likeness (QED) is 0.242. The van der Waals surface area contributed by atoms with Crippen molar-refractivity contribution >= 4 is 22.8 Å². The minimum Gasteiger partial charge on any atom is -0.496 e. The fourth-order valence-corrected chi connectivity index (χ4v) is 5.32. The van der Waals surface area contributed by atoms with Crippen LogP contribution in [-0.2, 0) is 12.0 Å². The second-order valence-electron chi connectivity index (χ2n) is 10.1. The number of furan rings is 1. The van der Waals surface area contributed by atoms with Crippen LogP contribution >= 0.6 is 0 Å². The van der Waals surface area contributed by atoms with Crippen molar-refractivity contribution in [2.24, 2.45) is 5.73 Å². The average molecular weight is 535 g/mol. The largest absolute Gasteiger partial charge is 0.496 e. The maximum absolute atomic E-state index is 13.5. The van der Waals surface area contributed by atoms with Gasteiger partial charge in [-0.2, -0.15) is 0 Å². The number of carbonyl (C=O) groups is 2. The van der Waals surface area contributed by atoms with Crippen LogP contribution in [0.1, 0.15) is 50.2 Å². The van der Waals surface area contributed by atoms with Gasteiger partial charge in [0.15, 0.2) is 0 Å². The Morgan fingerprint density at radius 1 is 0.975 bits per heavy atom. The van der Waals surface area contributed by atoms with Crippen molar-refractivity contribution in [3.05, 3.63) is 125 Å². The number of hydrogen-bond acceptors (Lipinski definition) is 4. The van der Waals surface area contributed by atoms with Crippen molar-refractivity contribution in [1.29, 1.82) is 0 Å². The third kappa shape index (κ3) is 4.60. The van der Waals surface area contributed by atoms with E-state index in [-0.39, 0.29) is 22.8 Å². The Labute approximate surface area is 230 Å². The van der Waals surface area contributed by atoms with E-state index in [1.54, 1.807) is 31.4 Å². The van der Waals surface area contributed by atoms with Gasteiger partial charge < -0.3 is 20.2 Å². The van der Waals surface area contributed by atoms with Crippen molar-refractivity contribution in [2.45, 2.75) is 24.8 Å². The Hall–Kier alpha value is -4.91. The Balaban J connectivity index is 1.32. The lowest BCUT2D eigenvalue weighted by Gasteiger charge is -2.20. The molecule has 7 heteroatoms. The number of amides is 2. The first-order valence-electron chi connectivity index (χ1n) is 13.0. The minimum atomic E-state index is -0.640. The lowest BCUT2D eigenvalue weighted by Crippen LogP contribution is -2.35. The highest BCUT2D eigenvalue weighted by Crippen LogP contribution is 2.46. The van der Waals surface area contributed by atoms with E-state index >= 15 is 0 Å². The molecule has 0 saturated heterocycles. The number of halogens is 1. The molecule has 0 aliphatic heterocycles. The van der Waals surface area contributed by atoms with E-state index in [1.807, 2.05) is 54.6 Å². The SMILES string of the molecule is COc1c(Cc2ccc3oc(-c4ccc(F)cc4)c(C(N)=O)c3c2)cccc1C(=O)NC1(c2ccccc2)CC1. The topological polar surface area (TPSA) is 94.6 Å². The van der Waals surface area contributed by atoms with Crippen LogP contribution in [0.3, 0.4) is 0 Å². The predicted molar refractivity (Wildman–Crippen MR) is 151 cm³/mol.